The number of anilines is 1. The van der Waals surface area contributed by atoms with E-state index < -0.39 is 0 Å². The van der Waals surface area contributed by atoms with E-state index in [1.54, 1.807) is 0 Å². The van der Waals surface area contributed by atoms with Gasteiger partial charge >= 0.3 is 0 Å². The molecule has 0 bridgehead atoms. The van der Waals surface area contributed by atoms with Gasteiger partial charge in [-0.05, 0) is 47.0 Å². The summed E-state index contributed by atoms with van der Waals surface area (Å²) in [5, 5.41) is 3.37. The lowest BCUT2D eigenvalue weighted by Crippen LogP contribution is -2.28. The standard InChI is InChI=1S/C15H29N5/c1-5-8-16-11-14-12-17-13-15(18-14)20(6-2)10-7-9-19(3)4/h12-13,16H,5-11H2,1-4H3. The molecule has 0 spiro atoms. The topological polar surface area (TPSA) is 44.3 Å². The van der Waals surface area contributed by atoms with Gasteiger partial charge in [0.05, 0.1) is 11.9 Å². The number of nitrogens with zero attached hydrogens (tertiary/aromatic N) is 4. The van der Waals surface area contributed by atoms with Crippen LogP contribution in [0.5, 0.6) is 0 Å². The Morgan fingerprint density at radius 2 is 1.95 bits per heavy atom. The van der Waals surface area contributed by atoms with Gasteiger partial charge in [-0.3, -0.25) is 4.98 Å². The molecule has 0 saturated carbocycles. The summed E-state index contributed by atoms with van der Waals surface area (Å²) in [5.41, 5.74) is 1.02. The summed E-state index contributed by atoms with van der Waals surface area (Å²) in [5.74, 6) is 0.988. The zero-order chi connectivity index (χ0) is 14.8. The SMILES string of the molecule is CCCNCc1cncc(N(CC)CCCN(C)C)n1. The van der Waals surface area contributed by atoms with Crippen LogP contribution in [-0.4, -0.2) is 55.1 Å². The van der Waals surface area contributed by atoms with E-state index in [4.69, 9.17) is 4.98 Å². The van der Waals surface area contributed by atoms with Crippen molar-refractivity contribution in [3.63, 3.8) is 0 Å². The van der Waals surface area contributed by atoms with Crippen molar-refractivity contribution in [3.05, 3.63) is 18.1 Å². The van der Waals surface area contributed by atoms with E-state index in [9.17, 15) is 0 Å². The van der Waals surface area contributed by atoms with Crippen LogP contribution in [-0.2, 0) is 6.54 Å². The third kappa shape index (κ3) is 6.30. The Balaban J connectivity index is 2.55. The molecule has 0 amide bonds. The number of rotatable bonds is 10. The maximum Gasteiger partial charge on any atom is 0.147 e. The molecule has 1 N–H and O–H groups in total. The summed E-state index contributed by atoms with van der Waals surface area (Å²) in [6.45, 7) is 9.24. The first-order valence-corrected chi connectivity index (χ1v) is 7.58. The van der Waals surface area contributed by atoms with E-state index in [-0.39, 0.29) is 0 Å². The second-order valence-corrected chi connectivity index (χ2v) is 5.28. The Hall–Kier alpha value is -1.20. The van der Waals surface area contributed by atoms with Crippen LogP contribution in [0.1, 0.15) is 32.4 Å². The molecule has 0 saturated heterocycles. The highest BCUT2D eigenvalue weighted by molar-refractivity contribution is 5.35. The van der Waals surface area contributed by atoms with Crippen LogP contribution in [0.15, 0.2) is 12.4 Å². The summed E-state index contributed by atoms with van der Waals surface area (Å²) in [6, 6.07) is 0. The molecule has 1 heterocycles. The van der Waals surface area contributed by atoms with Gasteiger partial charge in [-0.2, -0.15) is 0 Å². The minimum Gasteiger partial charge on any atom is -0.356 e. The van der Waals surface area contributed by atoms with Gasteiger partial charge in [0, 0.05) is 25.8 Å². The molecule has 5 heteroatoms. The zero-order valence-corrected chi connectivity index (χ0v) is 13.4. The summed E-state index contributed by atoms with van der Waals surface area (Å²) in [7, 11) is 4.21. The van der Waals surface area contributed by atoms with Gasteiger partial charge in [-0.15, -0.1) is 0 Å². The highest BCUT2D eigenvalue weighted by atomic mass is 15.2. The Labute approximate surface area is 123 Å². The molecule has 0 aromatic carbocycles. The molecular weight excluding hydrogens is 250 g/mol. The first kappa shape index (κ1) is 16.9. The Kier molecular flexibility index (Phi) is 8.14. The summed E-state index contributed by atoms with van der Waals surface area (Å²) in [6.07, 6.45) is 5.99. The average molecular weight is 279 g/mol. The van der Waals surface area contributed by atoms with Gasteiger partial charge < -0.3 is 15.1 Å². The lowest BCUT2D eigenvalue weighted by Gasteiger charge is -2.23. The van der Waals surface area contributed by atoms with Gasteiger partial charge in [0.15, 0.2) is 0 Å². The summed E-state index contributed by atoms with van der Waals surface area (Å²) in [4.78, 5) is 13.5. The van der Waals surface area contributed by atoms with E-state index in [2.05, 4.69) is 48.0 Å². The molecule has 0 radical (unpaired) electrons. The highest BCUT2D eigenvalue weighted by Gasteiger charge is 2.07. The van der Waals surface area contributed by atoms with Gasteiger partial charge in [0.1, 0.15) is 5.82 Å². The molecule has 0 aliphatic heterocycles. The van der Waals surface area contributed by atoms with Crippen molar-refractivity contribution in [2.75, 3.05) is 45.2 Å². The van der Waals surface area contributed by atoms with Crippen LogP contribution in [0.2, 0.25) is 0 Å². The highest BCUT2D eigenvalue weighted by Crippen LogP contribution is 2.10. The largest absolute Gasteiger partial charge is 0.356 e. The maximum absolute atomic E-state index is 4.70. The van der Waals surface area contributed by atoms with Crippen molar-refractivity contribution in [1.29, 1.82) is 0 Å². The van der Waals surface area contributed by atoms with E-state index in [1.165, 1.54) is 0 Å². The predicted molar refractivity (Wildman–Crippen MR) is 85.1 cm³/mol. The monoisotopic (exact) mass is 279 g/mol. The van der Waals surface area contributed by atoms with Gasteiger partial charge in [0.25, 0.3) is 0 Å². The molecule has 0 atom stereocenters. The Morgan fingerprint density at radius 3 is 2.60 bits per heavy atom. The van der Waals surface area contributed by atoms with Crippen LogP contribution in [0.4, 0.5) is 5.82 Å². The van der Waals surface area contributed by atoms with Crippen LogP contribution in [0.25, 0.3) is 0 Å². The van der Waals surface area contributed by atoms with Crippen molar-refractivity contribution in [1.82, 2.24) is 20.2 Å². The number of hydrogen-bond donors (Lipinski definition) is 1. The molecule has 1 aromatic rings. The lowest BCUT2D eigenvalue weighted by molar-refractivity contribution is 0.400. The van der Waals surface area contributed by atoms with Crippen LogP contribution in [0, 0.1) is 0 Å². The van der Waals surface area contributed by atoms with E-state index >= 15 is 0 Å². The smallest absolute Gasteiger partial charge is 0.147 e. The molecule has 0 aliphatic rings. The molecule has 1 aromatic heterocycles. The molecule has 114 valence electrons. The van der Waals surface area contributed by atoms with Gasteiger partial charge in [-0.1, -0.05) is 6.92 Å². The van der Waals surface area contributed by atoms with E-state index in [0.29, 0.717) is 0 Å². The molecule has 20 heavy (non-hydrogen) atoms. The van der Waals surface area contributed by atoms with Crippen molar-refractivity contribution < 1.29 is 0 Å². The van der Waals surface area contributed by atoms with Crippen LogP contribution in [0.3, 0.4) is 0 Å². The first-order valence-electron chi connectivity index (χ1n) is 7.58. The van der Waals surface area contributed by atoms with Crippen molar-refractivity contribution in [3.8, 4) is 0 Å². The number of hydrogen-bond acceptors (Lipinski definition) is 5. The minimum absolute atomic E-state index is 0.796. The molecule has 5 nitrogen and oxygen atoms in total. The van der Waals surface area contributed by atoms with Crippen molar-refractivity contribution in [2.24, 2.45) is 0 Å². The van der Waals surface area contributed by atoms with Gasteiger partial charge in [0.2, 0.25) is 0 Å². The molecule has 1 rings (SSSR count). The van der Waals surface area contributed by atoms with Crippen molar-refractivity contribution in [2.45, 2.75) is 33.2 Å². The molecule has 0 unspecified atom stereocenters. The quantitative estimate of drug-likeness (QED) is 0.661. The summed E-state index contributed by atoms with van der Waals surface area (Å²) >= 11 is 0. The third-order valence-electron chi connectivity index (χ3n) is 3.14. The third-order valence-corrected chi connectivity index (χ3v) is 3.14. The summed E-state index contributed by atoms with van der Waals surface area (Å²) < 4.78 is 0. The second-order valence-electron chi connectivity index (χ2n) is 5.28. The van der Waals surface area contributed by atoms with Crippen molar-refractivity contribution >= 4 is 5.82 Å². The van der Waals surface area contributed by atoms with Crippen LogP contribution < -0.4 is 10.2 Å². The molecular formula is C15H29N5. The zero-order valence-electron chi connectivity index (χ0n) is 13.4. The number of nitrogens with one attached hydrogen (secondary N) is 1. The number of aromatic nitrogens is 2. The van der Waals surface area contributed by atoms with Crippen LogP contribution >= 0.6 is 0 Å². The first-order chi connectivity index (χ1) is 9.67. The fourth-order valence-corrected chi connectivity index (χ4v) is 2.04. The van der Waals surface area contributed by atoms with Gasteiger partial charge in [-0.25, -0.2) is 4.98 Å². The lowest BCUT2D eigenvalue weighted by atomic mass is 10.3. The Bertz CT molecular complexity index is 367. The Morgan fingerprint density at radius 1 is 1.15 bits per heavy atom. The molecule has 0 aliphatic carbocycles. The fraction of sp³-hybridized carbons (Fsp3) is 0.733. The minimum atomic E-state index is 0.796. The molecule has 0 fully saturated rings. The predicted octanol–water partition coefficient (Wildman–Crippen LogP) is 1.75. The fourth-order valence-electron chi connectivity index (χ4n) is 2.04. The maximum atomic E-state index is 4.70. The van der Waals surface area contributed by atoms with E-state index in [0.717, 1.165) is 57.1 Å². The normalized spacial score (nSPS) is 11.1. The van der Waals surface area contributed by atoms with E-state index in [1.807, 2.05) is 12.4 Å². The average Bonchev–Trinajstić information content (AvgIpc) is 2.44. The second kappa shape index (κ2) is 9.66.